The van der Waals surface area contributed by atoms with Gasteiger partial charge in [-0.3, -0.25) is 4.79 Å². The Labute approximate surface area is 125 Å². The van der Waals surface area contributed by atoms with E-state index in [1.54, 1.807) is 17.0 Å². The average Bonchev–Trinajstić information content (AvgIpc) is 2.48. The van der Waals surface area contributed by atoms with Crippen molar-refractivity contribution in [2.24, 2.45) is 0 Å². The van der Waals surface area contributed by atoms with Crippen molar-refractivity contribution in [3.63, 3.8) is 0 Å². The van der Waals surface area contributed by atoms with E-state index in [1.807, 2.05) is 50.2 Å². The lowest BCUT2D eigenvalue weighted by atomic mass is 10.2. The third kappa shape index (κ3) is 3.75. The highest BCUT2D eigenvalue weighted by molar-refractivity contribution is 5.94. The van der Waals surface area contributed by atoms with Gasteiger partial charge < -0.3 is 15.4 Å². The van der Waals surface area contributed by atoms with E-state index in [0.717, 1.165) is 11.3 Å². The number of ether oxygens (including phenoxy) is 1. The Hall–Kier alpha value is -2.49. The molecule has 2 aromatic carbocycles. The van der Waals surface area contributed by atoms with Gasteiger partial charge in [-0.05, 0) is 49.7 Å². The van der Waals surface area contributed by atoms with Crippen LogP contribution >= 0.6 is 0 Å². The average molecular weight is 284 g/mol. The Morgan fingerprint density at radius 1 is 1.19 bits per heavy atom. The molecular formula is C17H20N2O2. The number of para-hydroxylation sites is 1. The Bertz CT molecular complexity index is 611. The number of nitrogens with zero attached hydrogens (tertiary/aromatic N) is 1. The van der Waals surface area contributed by atoms with Crippen LogP contribution in [-0.2, 0) is 4.79 Å². The lowest BCUT2D eigenvalue weighted by Crippen LogP contribution is -2.34. The van der Waals surface area contributed by atoms with Gasteiger partial charge >= 0.3 is 0 Å². The second kappa shape index (κ2) is 6.79. The second-order valence-electron chi connectivity index (χ2n) is 4.79. The maximum atomic E-state index is 12.3. The molecule has 2 aromatic rings. The molecule has 0 unspecified atom stereocenters. The Balaban J connectivity index is 2.03. The van der Waals surface area contributed by atoms with Crippen LogP contribution in [-0.4, -0.2) is 19.1 Å². The highest BCUT2D eigenvalue weighted by Crippen LogP contribution is 2.20. The fraction of sp³-hybridized carbons (Fsp3) is 0.235. The fourth-order valence-electron chi connectivity index (χ4n) is 2.16. The summed E-state index contributed by atoms with van der Waals surface area (Å²) in [5.41, 5.74) is 8.18. The van der Waals surface area contributed by atoms with E-state index in [9.17, 15) is 4.79 Å². The van der Waals surface area contributed by atoms with E-state index >= 15 is 0 Å². The standard InChI is InChI=1S/C17H20N2O2/c1-3-19(15-7-5-4-6-8-15)17(20)12-21-16-10-9-14(18)11-13(16)2/h4-11H,3,12,18H2,1-2H3. The zero-order chi connectivity index (χ0) is 15.2. The molecule has 0 atom stereocenters. The number of benzene rings is 2. The zero-order valence-corrected chi connectivity index (χ0v) is 12.4. The molecule has 2 N–H and O–H groups in total. The first-order chi connectivity index (χ1) is 10.1. The molecule has 0 saturated heterocycles. The normalized spacial score (nSPS) is 10.2. The predicted octanol–water partition coefficient (Wildman–Crippen LogP) is 3.01. The number of nitrogen functional groups attached to an aromatic ring is 1. The first-order valence-electron chi connectivity index (χ1n) is 6.96. The van der Waals surface area contributed by atoms with E-state index in [-0.39, 0.29) is 12.5 Å². The van der Waals surface area contributed by atoms with Crippen molar-refractivity contribution in [2.75, 3.05) is 23.8 Å². The molecule has 4 heteroatoms. The minimum absolute atomic E-state index is 0.00743. The van der Waals surface area contributed by atoms with Gasteiger partial charge in [-0.2, -0.15) is 0 Å². The lowest BCUT2D eigenvalue weighted by molar-refractivity contribution is -0.120. The Morgan fingerprint density at radius 3 is 2.52 bits per heavy atom. The van der Waals surface area contributed by atoms with Crippen molar-refractivity contribution >= 4 is 17.3 Å². The van der Waals surface area contributed by atoms with E-state index in [1.165, 1.54) is 0 Å². The van der Waals surface area contributed by atoms with Crippen LogP contribution in [0.1, 0.15) is 12.5 Å². The number of amides is 1. The number of nitrogens with two attached hydrogens (primary N) is 1. The smallest absolute Gasteiger partial charge is 0.264 e. The minimum atomic E-state index is -0.0695. The summed E-state index contributed by atoms with van der Waals surface area (Å²) in [6.07, 6.45) is 0. The molecule has 0 aliphatic carbocycles. The molecule has 0 radical (unpaired) electrons. The molecule has 21 heavy (non-hydrogen) atoms. The summed E-state index contributed by atoms with van der Waals surface area (Å²) in [5.74, 6) is 0.613. The number of hydrogen-bond acceptors (Lipinski definition) is 3. The number of carbonyl (C=O) groups excluding carboxylic acids is 1. The number of anilines is 2. The molecule has 0 spiro atoms. The molecule has 110 valence electrons. The van der Waals surface area contributed by atoms with Crippen molar-refractivity contribution in [1.29, 1.82) is 0 Å². The maximum Gasteiger partial charge on any atom is 0.264 e. The van der Waals surface area contributed by atoms with Crippen molar-refractivity contribution in [2.45, 2.75) is 13.8 Å². The van der Waals surface area contributed by atoms with Gasteiger partial charge in [0.25, 0.3) is 5.91 Å². The topological polar surface area (TPSA) is 55.6 Å². The van der Waals surface area contributed by atoms with Crippen molar-refractivity contribution in [3.8, 4) is 5.75 Å². The monoisotopic (exact) mass is 284 g/mol. The van der Waals surface area contributed by atoms with Crippen molar-refractivity contribution in [1.82, 2.24) is 0 Å². The van der Waals surface area contributed by atoms with Gasteiger partial charge in [0.05, 0.1) is 0 Å². The van der Waals surface area contributed by atoms with Gasteiger partial charge in [0, 0.05) is 17.9 Å². The molecule has 0 bridgehead atoms. The fourth-order valence-corrected chi connectivity index (χ4v) is 2.16. The van der Waals surface area contributed by atoms with Crippen molar-refractivity contribution < 1.29 is 9.53 Å². The van der Waals surface area contributed by atoms with Crippen LogP contribution in [0.5, 0.6) is 5.75 Å². The van der Waals surface area contributed by atoms with Gasteiger partial charge in [-0.25, -0.2) is 0 Å². The van der Waals surface area contributed by atoms with Gasteiger partial charge in [-0.15, -0.1) is 0 Å². The largest absolute Gasteiger partial charge is 0.483 e. The SMILES string of the molecule is CCN(C(=O)COc1ccc(N)cc1C)c1ccccc1. The number of carbonyl (C=O) groups is 1. The van der Waals surface area contributed by atoms with Crippen LogP contribution in [0, 0.1) is 6.92 Å². The van der Waals surface area contributed by atoms with Crippen molar-refractivity contribution in [3.05, 3.63) is 54.1 Å². The molecule has 0 fully saturated rings. The second-order valence-corrected chi connectivity index (χ2v) is 4.79. The van der Waals surface area contributed by atoms with Gasteiger partial charge in [-0.1, -0.05) is 18.2 Å². The van der Waals surface area contributed by atoms with Crippen LogP contribution in [0.4, 0.5) is 11.4 Å². The van der Waals surface area contributed by atoms with E-state index in [0.29, 0.717) is 18.0 Å². The molecule has 4 nitrogen and oxygen atoms in total. The zero-order valence-electron chi connectivity index (χ0n) is 12.4. The van der Waals surface area contributed by atoms with E-state index in [2.05, 4.69) is 0 Å². The Kier molecular flexibility index (Phi) is 4.82. The van der Waals surface area contributed by atoms with Gasteiger partial charge in [0.15, 0.2) is 6.61 Å². The minimum Gasteiger partial charge on any atom is -0.483 e. The maximum absolute atomic E-state index is 12.3. The summed E-state index contributed by atoms with van der Waals surface area (Å²) in [7, 11) is 0. The highest BCUT2D eigenvalue weighted by Gasteiger charge is 2.14. The molecule has 2 rings (SSSR count). The molecule has 0 aliphatic heterocycles. The summed E-state index contributed by atoms with van der Waals surface area (Å²) in [4.78, 5) is 14.0. The molecular weight excluding hydrogens is 264 g/mol. The van der Waals surface area contributed by atoms with Crippen LogP contribution in [0.2, 0.25) is 0 Å². The molecule has 0 aliphatic rings. The summed E-state index contributed by atoms with van der Waals surface area (Å²) in [6, 6.07) is 15.0. The summed E-state index contributed by atoms with van der Waals surface area (Å²) >= 11 is 0. The first kappa shape index (κ1) is 14.9. The van der Waals surface area contributed by atoms with Crippen LogP contribution in [0.15, 0.2) is 48.5 Å². The lowest BCUT2D eigenvalue weighted by Gasteiger charge is -2.21. The number of hydrogen-bond donors (Lipinski definition) is 1. The quantitative estimate of drug-likeness (QED) is 0.859. The highest BCUT2D eigenvalue weighted by atomic mass is 16.5. The summed E-state index contributed by atoms with van der Waals surface area (Å²) < 4.78 is 5.61. The van der Waals surface area contributed by atoms with Gasteiger partial charge in [0.2, 0.25) is 0 Å². The van der Waals surface area contributed by atoms with E-state index < -0.39 is 0 Å². The van der Waals surface area contributed by atoms with E-state index in [4.69, 9.17) is 10.5 Å². The summed E-state index contributed by atoms with van der Waals surface area (Å²) in [5, 5.41) is 0. The third-order valence-electron chi connectivity index (χ3n) is 3.24. The molecule has 0 aromatic heterocycles. The third-order valence-corrected chi connectivity index (χ3v) is 3.24. The van der Waals surface area contributed by atoms with Crippen LogP contribution in [0.3, 0.4) is 0 Å². The number of aryl methyl sites for hydroxylation is 1. The molecule has 1 amide bonds. The number of rotatable bonds is 5. The van der Waals surface area contributed by atoms with Crippen LogP contribution in [0.25, 0.3) is 0 Å². The summed E-state index contributed by atoms with van der Waals surface area (Å²) in [6.45, 7) is 4.46. The predicted molar refractivity (Wildman–Crippen MR) is 85.6 cm³/mol. The van der Waals surface area contributed by atoms with Crippen LogP contribution < -0.4 is 15.4 Å². The molecule has 0 heterocycles. The number of likely N-dealkylation sites (N-methyl/N-ethyl adjacent to an activating group) is 1. The van der Waals surface area contributed by atoms with Gasteiger partial charge in [0.1, 0.15) is 5.75 Å². The first-order valence-corrected chi connectivity index (χ1v) is 6.96. The Morgan fingerprint density at radius 2 is 1.90 bits per heavy atom. The molecule has 0 saturated carbocycles.